The normalized spacial score (nSPS) is 10.9. The molecule has 0 aromatic heterocycles. The molecule has 9 heavy (non-hydrogen) atoms. The Labute approximate surface area is 50.1 Å². The fourth-order valence-corrected chi connectivity index (χ4v) is 0.207. The maximum absolute atomic E-state index is 9.96. The van der Waals surface area contributed by atoms with E-state index in [9.17, 15) is 9.59 Å². The maximum atomic E-state index is 9.96. The predicted molar refractivity (Wildman–Crippen MR) is 26.5 cm³/mol. The summed E-state index contributed by atoms with van der Waals surface area (Å²) in [5.74, 6) is -2.61. The van der Waals surface area contributed by atoms with Crippen LogP contribution < -0.4 is 11.5 Å². The van der Waals surface area contributed by atoms with Gasteiger partial charge in [0, 0.05) is 0 Å². The number of carbonyl (C=O) groups excluding carboxylic acids is 2. The van der Waals surface area contributed by atoms with Gasteiger partial charge in [0.2, 0.25) is 5.71 Å². The average Bonchev–Trinajstić information content (AvgIpc) is 1.64. The Bertz CT molecular complexity index is 157. The van der Waals surface area contributed by atoms with E-state index < -0.39 is 17.5 Å². The second-order valence-electron chi connectivity index (χ2n) is 1.14. The highest BCUT2D eigenvalue weighted by atomic mass is 16.4. The van der Waals surface area contributed by atoms with Gasteiger partial charge >= 0.3 is 0 Å². The van der Waals surface area contributed by atoms with E-state index in [1.807, 2.05) is 0 Å². The maximum Gasteiger partial charge on any atom is 0.297 e. The summed E-state index contributed by atoms with van der Waals surface area (Å²) in [4.78, 5) is 19.9. The molecule has 0 unspecified atom stereocenters. The Morgan fingerprint density at radius 1 is 1.56 bits per heavy atom. The van der Waals surface area contributed by atoms with Gasteiger partial charge in [-0.3, -0.25) is 15.3 Å². The third-order valence-corrected chi connectivity index (χ3v) is 0.548. The third-order valence-electron chi connectivity index (χ3n) is 0.548. The Hall–Kier alpha value is -1.59. The van der Waals surface area contributed by atoms with E-state index in [1.54, 1.807) is 0 Å². The summed E-state index contributed by atoms with van der Waals surface area (Å²) in [6, 6.07) is 0. The average molecular weight is 130 g/mol. The third kappa shape index (κ3) is 1.76. The van der Waals surface area contributed by atoms with Gasteiger partial charge in [-0.15, -0.1) is 0 Å². The topological polar surface area (TPSA) is 117 Å². The van der Waals surface area contributed by atoms with Gasteiger partial charge in [-0.1, -0.05) is 5.16 Å². The number of rotatable bonds is 2. The lowest BCUT2D eigenvalue weighted by Crippen LogP contribution is -2.31. The fourth-order valence-electron chi connectivity index (χ4n) is 0.207. The van der Waals surface area contributed by atoms with Gasteiger partial charge in [0.15, 0.2) is 0 Å². The molecule has 6 heteroatoms. The molecule has 0 bridgehead atoms. The number of amides is 2. The number of carbonyl (C=O) groups is 2. The van der Waals surface area contributed by atoms with Crippen molar-refractivity contribution in [1.29, 1.82) is 0 Å². The molecule has 1 radical (unpaired) electrons. The molecule has 4 N–H and O–H groups in total. The molecular formula is C3H4N3O3. The van der Waals surface area contributed by atoms with E-state index >= 15 is 0 Å². The van der Waals surface area contributed by atoms with Crippen LogP contribution in [0.2, 0.25) is 0 Å². The van der Waals surface area contributed by atoms with Crippen LogP contribution in [0, 0.1) is 0 Å². The van der Waals surface area contributed by atoms with Gasteiger partial charge in [-0.05, 0) is 0 Å². The summed E-state index contributed by atoms with van der Waals surface area (Å²) in [6.45, 7) is 0. The second-order valence-corrected chi connectivity index (χ2v) is 1.14. The van der Waals surface area contributed by atoms with Gasteiger partial charge in [0.1, 0.15) is 0 Å². The van der Waals surface area contributed by atoms with Gasteiger partial charge in [0.05, 0.1) is 0 Å². The zero-order chi connectivity index (χ0) is 7.44. The minimum absolute atomic E-state index is 0.963. The molecule has 0 aromatic rings. The first-order valence-corrected chi connectivity index (χ1v) is 1.87. The first kappa shape index (κ1) is 7.41. The highest BCUT2D eigenvalue weighted by Crippen LogP contribution is 1.72. The summed E-state index contributed by atoms with van der Waals surface area (Å²) in [6.07, 6.45) is 0. The van der Waals surface area contributed by atoms with E-state index in [0.717, 1.165) is 0 Å². The molecule has 0 aliphatic heterocycles. The summed E-state index contributed by atoms with van der Waals surface area (Å²) in [5.41, 5.74) is 9.75. The van der Waals surface area contributed by atoms with Crippen LogP contribution in [0.3, 0.4) is 0 Å². The van der Waals surface area contributed by atoms with E-state index in [2.05, 4.69) is 10.9 Å². The van der Waals surface area contributed by atoms with Crippen LogP contribution in [0.4, 0.5) is 0 Å². The van der Waals surface area contributed by atoms with Crippen LogP contribution in [0.15, 0.2) is 5.16 Å². The van der Waals surface area contributed by atoms with Gasteiger partial charge in [-0.25, -0.2) is 0 Å². The van der Waals surface area contributed by atoms with Crippen molar-refractivity contribution < 1.29 is 14.8 Å². The number of primary amides is 1. The molecule has 0 heterocycles. The minimum atomic E-state index is -1.40. The standard InChI is InChI=1S/C3H4N3O3/c4-2(7)1(6-9)3(5)8/h4,9H,(H2,5,8)/b6-1+. The van der Waals surface area contributed by atoms with Crippen molar-refractivity contribution in [2.24, 2.45) is 10.9 Å². The van der Waals surface area contributed by atoms with Gasteiger partial charge in [0.25, 0.3) is 11.8 Å². The molecule has 2 amide bonds. The molecule has 0 spiro atoms. The van der Waals surface area contributed by atoms with E-state index in [-0.39, 0.29) is 0 Å². The van der Waals surface area contributed by atoms with Gasteiger partial charge < -0.3 is 10.9 Å². The SMILES string of the molecule is [NH]C(=O)/C(=N\O)C(N)=O. The lowest BCUT2D eigenvalue weighted by atomic mass is 10.3. The first-order chi connectivity index (χ1) is 4.09. The van der Waals surface area contributed by atoms with Crippen molar-refractivity contribution in [3.8, 4) is 0 Å². The summed E-state index contributed by atoms with van der Waals surface area (Å²) in [5, 5.41) is 10.0. The number of oxime groups is 1. The van der Waals surface area contributed by atoms with Crippen molar-refractivity contribution in [2.75, 3.05) is 0 Å². The number of nitrogens with zero attached hydrogens (tertiary/aromatic N) is 1. The molecule has 0 rings (SSSR count). The van der Waals surface area contributed by atoms with Crippen molar-refractivity contribution in [3.63, 3.8) is 0 Å². The Morgan fingerprint density at radius 2 is 2.00 bits per heavy atom. The fraction of sp³-hybridized carbons (Fsp3) is 0. The molecular weight excluding hydrogens is 126 g/mol. The summed E-state index contributed by atoms with van der Waals surface area (Å²) >= 11 is 0. The molecule has 0 atom stereocenters. The molecule has 0 saturated heterocycles. The Morgan fingerprint density at radius 3 is 2.00 bits per heavy atom. The summed E-state index contributed by atoms with van der Waals surface area (Å²) in [7, 11) is 0. The predicted octanol–water partition coefficient (Wildman–Crippen LogP) is -1.89. The van der Waals surface area contributed by atoms with Crippen LogP contribution in [-0.2, 0) is 9.59 Å². The lowest BCUT2D eigenvalue weighted by Gasteiger charge is -1.87. The summed E-state index contributed by atoms with van der Waals surface area (Å²) < 4.78 is 0. The Balaban J connectivity index is 4.38. The number of nitrogens with two attached hydrogens (primary N) is 1. The van der Waals surface area contributed by atoms with Crippen LogP contribution in [0.5, 0.6) is 0 Å². The van der Waals surface area contributed by atoms with E-state index in [0.29, 0.717) is 0 Å². The largest absolute Gasteiger partial charge is 0.410 e. The molecule has 49 valence electrons. The molecule has 6 nitrogen and oxygen atoms in total. The number of hydrogen-bond donors (Lipinski definition) is 2. The minimum Gasteiger partial charge on any atom is -0.410 e. The van der Waals surface area contributed by atoms with E-state index in [1.165, 1.54) is 0 Å². The van der Waals surface area contributed by atoms with Crippen molar-refractivity contribution in [2.45, 2.75) is 0 Å². The molecule has 0 aliphatic carbocycles. The molecule has 0 fully saturated rings. The second kappa shape index (κ2) is 2.65. The van der Waals surface area contributed by atoms with Crippen molar-refractivity contribution in [1.82, 2.24) is 5.73 Å². The zero-order valence-corrected chi connectivity index (χ0v) is 4.29. The molecule has 0 aliphatic rings. The van der Waals surface area contributed by atoms with Crippen LogP contribution in [-0.4, -0.2) is 22.7 Å². The van der Waals surface area contributed by atoms with Crippen LogP contribution in [0.1, 0.15) is 0 Å². The number of nitrogens with one attached hydrogen (secondary N) is 1. The highest BCUT2D eigenvalue weighted by molar-refractivity contribution is 6.64. The monoisotopic (exact) mass is 130 g/mol. The molecule has 0 aromatic carbocycles. The zero-order valence-electron chi connectivity index (χ0n) is 4.29. The first-order valence-electron chi connectivity index (χ1n) is 1.87. The van der Waals surface area contributed by atoms with Crippen LogP contribution in [0.25, 0.3) is 0 Å². The van der Waals surface area contributed by atoms with Crippen LogP contribution >= 0.6 is 0 Å². The lowest BCUT2D eigenvalue weighted by molar-refractivity contribution is -0.116. The van der Waals surface area contributed by atoms with Gasteiger partial charge in [-0.2, -0.15) is 0 Å². The van der Waals surface area contributed by atoms with Crippen molar-refractivity contribution >= 4 is 17.5 Å². The van der Waals surface area contributed by atoms with Crippen molar-refractivity contribution in [3.05, 3.63) is 0 Å². The van der Waals surface area contributed by atoms with E-state index in [4.69, 9.17) is 10.9 Å². The highest BCUT2D eigenvalue weighted by Gasteiger charge is 2.14. The number of hydrogen-bond acceptors (Lipinski definition) is 4. The quantitative estimate of drug-likeness (QED) is 0.197. The Kier molecular flexibility index (Phi) is 2.18. The molecule has 0 saturated carbocycles. The smallest absolute Gasteiger partial charge is 0.297 e.